The van der Waals surface area contributed by atoms with E-state index in [1.807, 2.05) is 61.5 Å². The van der Waals surface area contributed by atoms with E-state index in [2.05, 4.69) is 15.9 Å². The second-order valence-corrected chi connectivity index (χ2v) is 5.27. The molecule has 0 spiro atoms. The van der Waals surface area contributed by atoms with Gasteiger partial charge in [-0.2, -0.15) is 0 Å². The average Bonchev–Trinajstić information content (AvgIpc) is 2.30. The standard InChI is InChI=1S/C15H15BrO/c1-15(17,11-12-7-3-2-4-8-12)13-9-5-6-10-14(13)16/h2-10,17H,11H2,1H3. The molecule has 1 nitrogen and oxygen atoms in total. The van der Waals surface area contributed by atoms with Crippen LogP contribution in [0.15, 0.2) is 59.1 Å². The molecular weight excluding hydrogens is 276 g/mol. The minimum Gasteiger partial charge on any atom is -0.385 e. The lowest BCUT2D eigenvalue weighted by Gasteiger charge is -2.25. The number of rotatable bonds is 3. The van der Waals surface area contributed by atoms with Crippen molar-refractivity contribution in [3.63, 3.8) is 0 Å². The summed E-state index contributed by atoms with van der Waals surface area (Å²) in [5.74, 6) is 0. The third-order valence-electron chi connectivity index (χ3n) is 2.85. The topological polar surface area (TPSA) is 20.2 Å². The van der Waals surface area contributed by atoms with Gasteiger partial charge in [0, 0.05) is 10.9 Å². The predicted molar refractivity (Wildman–Crippen MR) is 73.9 cm³/mol. The van der Waals surface area contributed by atoms with Crippen molar-refractivity contribution in [3.05, 3.63) is 70.2 Å². The monoisotopic (exact) mass is 290 g/mol. The third kappa shape index (κ3) is 2.96. The molecule has 2 aromatic rings. The van der Waals surface area contributed by atoms with Crippen LogP contribution >= 0.6 is 15.9 Å². The lowest BCUT2D eigenvalue weighted by molar-refractivity contribution is 0.0569. The zero-order valence-corrected chi connectivity index (χ0v) is 11.3. The number of aliphatic hydroxyl groups is 1. The van der Waals surface area contributed by atoms with Gasteiger partial charge in [-0.3, -0.25) is 0 Å². The Balaban J connectivity index is 2.28. The van der Waals surface area contributed by atoms with Crippen molar-refractivity contribution < 1.29 is 5.11 Å². The Morgan fingerprint density at radius 3 is 2.24 bits per heavy atom. The molecule has 2 aromatic carbocycles. The maximum Gasteiger partial charge on any atom is 0.0919 e. The van der Waals surface area contributed by atoms with E-state index in [9.17, 15) is 5.11 Å². The van der Waals surface area contributed by atoms with E-state index >= 15 is 0 Å². The molecule has 0 aliphatic carbocycles. The van der Waals surface area contributed by atoms with Crippen LogP contribution in [-0.4, -0.2) is 5.11 Å². The first kappa shape index (κ1) is 12.3. The van der Waals surface area contributed by atoms with Crippen LogP contribution in [-0.2, 0) is 12.0 Å². The third-order valence-corrected chi connectivity index (χ3v) is 3.54. The van der Waals surface area contributed by atoms with E-state index in [1.165, 1.54) is 0 Å². The van der Waals surface area contributed by atoms with Crippen LogP contribution < -0.4 is 0 Å². The minimum atomic E-state index is -0.860. The van der Waals surface area contributed by atoms with Crippen LogP contribution in [0.25, 0.3) is 0 Å². The van der Waals surface area contributed by atoms with E-state index in [0.29, 0.717) is 6.42 Å². The zero-order valence-electron chi connectivity index (χ0n) is 9.73. The first-order valence-electron chi connectivity index (χ1n) is 5.61. The summed E-state index contributed by atoms with van der Waals surface area (Å²) in [5, 5.41) is 10.6. The molecule has 0 heterocycles. The molecule has 88 valence electrons. The SMILES string of the molecule is CC(O)(Cc1ccccc1)c1ccccc1Br. The number of hydrogen-bond acceptors (Lipinski definition) is 1. The molecule has 0 fully saturated rings. The van der Waals surface area contributed by atoms with Gasteiger partial charge in [-0.25, -0.2) is 0 Å². The molecule has 1 atom stereocenters. The van der Waals surface area contributed by atoms with Crippen molar-refractivity contribution in [3.8, 4) is 0 Å². The average molecular weight is 291 g/mol. The molecule has 0 bridgehead atoms. The Morgan fingerprint density at radius 1 is 1.00 bits per heavy atom. The summed E-state index contributed by atoms with van der Waals surface area (Å²) >= 11 is 3.49. The van der Waals surface area contributed by atoms with Crippen molar-refractivity contribution in [1.82, 2.24) is 0 Å². The number of benzene rings is 2. The summed E-state index contributed by atoms with van der Waals surface area (Å²) in [6, 6.07) is 17.8. The molecule has 2 rings (SSSR count). The van der Waals surface area contributed by atoms with Crippen molar-refractivity contribution in [2.45, 2.75) is 18.9 Å². The summed E-state index contributed by atoms with van der Waals surface area (Å²) in [6.07, 6.45) is 0.608. The Labute approximate surface area is 110 Å². The first-order chi connectivity index (χ1) is 8.09. The zero-order chi connectivity index (χ0) is 12.3. The number of halogens is 1. The van der Waals surface area contributed by atoms with Crippen molar-refractivity contribution >= 4 is 15.9 Å². The maximum atomic E-state index is 10.6. The highest BCUT2D eigenvalue weighted by Gasteiger charge is 2.25. The quantitative estimate of drug-likeness (QED) is 0.909. The molecule has 0 amide bonds. The maximum absolute atomic E-state index is 10.6. The van der Waals surface area contributed by atoms with Crippen LogP contribution in [0.2, 0.25) is 0 Å². The minimum absolute atomic E-state index is 0.608. The smallest absolute Gasteiger partial charge is 0.0919 e. The van der Waals surface area contributed by atoms with E-state index in [4.69, 9.17) is 0 Å². The van der Waals surface area contributed by atoms with Gasteiger partial charge in [0.15, 0.2) is 0 Å². The van der Waals surface area contributed by atoms with Crippen molar-refractivity contribution in [2.75, 3.05) is 0 Å². The second kappa shape index (κ2) is 5.03. The van der Waals surface area contributed by atoms with Gasteiger partial charge in [-0.1, -0.05) is 64.5 Å². The van der Waals surface area contributed by atoms with Crippen LogP contribution in [0.3, 0.4) is 0 Å². The van der Waals surface area contributed by atoms with Crippen LogP contribution in [0, 0.1) is 0 Å². The van der Waals surface area contributed by atoms with Gasteiger partial charge >= 0.3 is 0 Å². The van der Waals surface area contributed by atoms with Crippen molar-refractivity contribution in [1.29, 1.82) is 0 Å². The van der Waals surface area contributed by atoms with Gasteiger partial charge in [0.05, 0.1) is 5.60 Å². The molecule has 17 heavy (non-hydrogen) atoms. The van der Waals surface area contributed by atoms with Gasteiger partial charge in [-0.05, 0) is 24.1 Å². The van der Waals surface area contributed by atoms with E-state index in [-0.39, 0.29) is 0 Å². The predicted octanol–water partition coefficient (Wildman–Crippen LogP) is 3.90. The molecule has 2 heteroatoms. The van der Waals surface area contributed by atoms with Gasteiger partial charge in [0.1, 0.15) is 0 Å². The fraction of sp³-hybridized carbons (Fsp3) is 0.200. The molecule has 1 N–H and O–H groups in total. The highest BCUT2D eigenvalue weighted by atomic mass is 79.9. The molecule has 0 aliphatic rings. The summed E-state index contributed by atoms with van der Waals surface area (Å²) in [6.45, 7) is 1.85. The van der Waals surface area contributed by atoms with Crippen LogP contribution in [0.1, 0.15) is 18.1 Å². The fourth-order valence-corrected chi connectivity index (χ4v) is 2.70. The van der Waals surface area contributed by atoms with Gasteiger partial charge in [0.2, 0.25) is 0 Å². The summed E-state index contributed by atoms with van der Waals surface area (Å²) in [4.78, 5) is 0. The lowest BCUT2D eigenvalue weighted by atomic mass is 9.89. The van der Waals surface area contributed by atoms with Gasteiger partial charge in [-0.15, -0.1) is 0 Å². The molecule has 0 saturated heterocycles. The fourth-order valence-electron chi connectivity index (χ4n) is 1.99. The van der Waals surface area contributed by atoms with Gasteiger partial charge < -0.3 is 5.11 Å². The first-order valence-corrected chi connectivity index (χ1v) is 6.40. The van der Waals surface area contributed by atoms with E-state index in [1.54, 1.807) is 0 Å². The Kier molecular flexibility index (Phi) is 3.65. The summed E-state index contributed by atoms with van der Waals surface area (Å²) in [5.41, 5.74) is 1.19. The second-order valence-electron chi connectivity index (χ2n) is 4.42. The Hall–Kier alpha value is -1.12. The van der Waals surface area contributed by atoms with Crippen molar-refractivity contribution in [2.24, 2.45) is 0 Å². The van der Waals surface area contributed by atoms with E-state index in [0.717, 1.165) is 15.6 Å². The molecular formula is C15H15BrO. The molecule has 1 unspecified atom stereocenters. The van der Waals surface area contributed by atoms with Crippen LogP contribution in [0.5, 0.6) is 0 Å². The summed E-state index contributed by atoms with van der Waals surface area (Å²) < 4.78 is 0.945. The molecule has 0 radical (unpaired) electrons. The van der Waals surface area contributed by atoms with Crippen LogP contribution in [0.4, 0.5) is 0 Å². The lowest BCUT2D eigenvalue weighted by Crippen LogP contribution is -2.24. The highest BCUT2D eigenvalue weighted by molar-refractivity contribution is 9.10. The largest absolute Gasteiger partial charge is 0.385 e. The molecule has 0 saturated carbocycles. The Bertz CT molecular complexity index is 491. The molecule has 0 aliphatic heterocycles. The Morgan fingerprint density at radius 2 is 1.59 bits per heavy atom. The highest BCUT2D eigenvalue weighted by Crippen LogP contribution is 2.30. The molecule has 0 aromatic heterocycles. The number of hydrogen-bond donors (Lipinski definition) is 1. The summed E-state index contributed by atoms with van der Waals surface area (Å²) in [7, 11) is 0. The van der Waals surface area contributed by atoms with Gasteiger partial charge in [0.25, 0.3) is 0 Å². The van der Waals surface area contributed by atoms with E-state index < -0.39 is 5.60 Å². The normalized spacial score (nSPS) is 14.3.